The van der Waals surface area contributed by atoms with Crippen LogP contribution in [0, 0.1) is 0 Å². The summed E-state index contributed by atoms with van der Waals surface area (Å²) in [5.41, 5.74) is 1.77. The summed E-state index contributed by atoms with van der Waals surface area (Å²) < 4.78 is 6.34. The number of rotatable bonds is 3. The number of fused-ring (bicyclic) bond motifs is 1. The van der Waals surface area contributed by atoms with Crippen molar-refractivity contribution in [3.05, 3.63) is 23.2 Å². The molecular weight excluding hydrogens is 286 g/mol. The molecule has 1 atom stereocenters. The van der Waals surface area contributed by atoms with Gasteiger partial charge in [-0.1, -0.05) is 13.8 Å². The van der Waals surface area contributed by atoms with Crippen molar-refractivity contribution in [2.24, 2.45) is 0 Å². The Kier molecular flexibility index (Phi) is 4.07. The predicted molar refractivity (Wildman–Crippen MR) is 85.1 cm³/mol. The Hall–Kier alpha value is -1.66. The van der Waals surface area contributed by atoms with Crippen LogP contribution < -0.4 is 10.6 Å². The van der Waals surface area contributed by atoms with Gasteiger partial charge in [-0.3, -0.25) is 0 Å². The molecular formula is C15H19N3O2S. The molecule has 2 N–H and O–H groups in total. The van der Waals surface area contributed by atoms with Gasteiger partial charge in [-0.05, 0) is 24.6 Å². The van der Waals surface area contributed by atoms with Crippen LogP contribution in [0.4, 0.5) is 10.5 Å². The Morgan fingerprint density at radius 3 is 3.05 bits per heavy atom. The molecule has 112 valence electrons. The molecule has 6 heteroatoms. The zero-order valence-electron chi connectivity index (χ0n) is 12.2. The van der Waals surface area contributed by atoms with Crippen molar-refractivity contribution < 1.29 is 9.53 Å². The lowest BCUT2D eigenvalue weighted by Gasteiger charge is -2.11. The maximum Gasteiger partial charge on any atom is 0.319 e. The normalized spacial score (nSPS) is 18.3. The van der Waals surface area contributed by atoms with Crippen molar-refractivity contribution in [1.82, 2.24) is 10.3 Å². The highest BCUT2D eigenvalue weighted by atomic mass is 32.1. The van der Waals surface area contributed by atoms with Crippen LogP contribution in [-0.2, 0) is 4.74 Å². The van der Waals surface area contributed by atoms with E-state index in [-0.39, 0.29) is 12.1 Å². The van der Waals surface area contributed by atoms with Crippen LogP contribution in [0.1, 0.15) is 31.2 Å². The molecule has 1 aromatic heterocycles. The second-order valence-corrected chi connectivity index (χ2v) is 6.61. The Bertz CT molecular complexity index is 647. The van der Waals surface area contributed by atoms with Crippen molar-refractivity contribution in [3.63, 3.8) is 0 Å². The third kappa shape index (κ3) is 3.33. The second kappa shape index (κ2) is 5.99. The maximum atomic E-state index is 11.9. The molecule has 3 rings (SSSR count). The number of aromatic nitrogens is 1. The Labute approximate surface area is 127 Å². The first kappa shape index (κ1) is 14.3. The predicted octanol–water partition coefficient (Wildman–Crippen LogP) is 3.33. The SMILES string of the molecule is CC(C)c1nc2ccc(NC(=O)NC3CCOC3)cc2s1. The van der Waals surface area contributed by atoms with Crippen LogP contribution in [0.5, 0.6) is 0 Å². The number of urea groups is 1. The number of anilines is 1. The number of hydrogen-bond acceptors (Lipinski definition) is 4. The quantitative estimate of drug-likeness (QED) is 0.914. The maximum absolute atomic E-state index is 11.9. The first-order valence-electron chi connectivity index (χ1n) is 7.17. The molecule has 5 nitrogen and oxygen atoms in total. The molecule has 0 aliphatic carbocycles. The highest BCUT2D eigenvalue weighted by molar-refractivity contribution is 7.18. The van der Waals surface area contributed by atoms with E-state index in [1.807, 2.05) is 18.2 Å². The minimum absolute atomic E-state index is 0.115. The summed E-state index contributed by atoms with van der Waals surface area (Å²) in [6.07, 6.45) is 0.874. The highest BCUT2D eigenvalue weighted by Crippen LogP contribution is 2.29. The van der Waals surface area contributed by atoms with Crippen molar-refractivity contribution in [3.8, 4) is 0 Å². The van der Waals surface area contributed by atoms with Crippen LogP contribution in [-0.4, -0.2) is 30.3 Å². The molecule has 1 aliphatic heterocycles. The summed E-state index contributed by atoms with van der Waals surface area (Å²) in [7, 11) is 0. The Morgan fingerprint density at radius 1 is 1.48 bits per heavy atom. The molecule has 1 unspecified atom stereocenters. The minimum Gasteiger partial charge on any atom is -0.379 e. The lowest BCUT2D eigenvalue weighted by molar-refractivity contribution is 0.189. The van der Waals surface area contributed by atoms with Crippen LogP contribution >= 0.6 is 11.3 Å². The molecule has 0 radical (unpaired) electrons. The lowest BCUT2D eigenvalue weighted by atomic mass is 10.2. The van der Waals surface area contributed by atoms with Gasteiger partial charge in [-0.2, -0.15) is 0 Å². The fourth-order valence-electron chi connectivity index (χ4n) is 2.27. The fraction of sp³-hybridized carbons (Fsp3) is 0.467. The average Bonchev–Trinajstić information content (AvgIpc) is 3.06. The third-order valence-corrected chi connectivity index (χ3v) is 4.74. The Morgan fingerprint density at radius 2 is 2.33 bits per heavy atom. The molecule has 2 amide bonds. The van der Waals surface area contributed by atoms with Gasteiger partial charge in [-0.15, -0.1) is 11.3 Å². The van der Waals surface area contributed by atoms with Crippen molar-refractivity contribution >= 4 is 33.3 Å². The summed E-state index contributed by atoms with van der Waals surface area (Å²) in [4.78, 5) is 16.5. The van der Waals surface area contributed by atoms with Crippen molar-refractivity contribution in [2.45, 2.75) is 32.2 Å². The average molecular weight is 305 g/mol. The molecule has 2 aromatic rings. The van der Waals surface area contributed by atoms with E-state index in [1.165, 1.54) is 0 Å². The molecule has 1 fully saturated rings. The minimum atomic E-state index is -0.182. The summed E-state index contributed by atoms with van der Waals surface area (Å²) in [6, 6.07) is 5.75. The first-order valence-corrected chi connectivity index (χ1v) is 7.99. The number of carbonyl (C=O) groups is 1. The van der Waals surface area contributed by atoms with E-state index >= 15 is 0 Å². The van der Waals surface area contributed by atoms with Gasteiger partial charge in [0.1, 0.15) is 0 Å². The largest absolute Gasteiger partial charge is 0.379 e. The number of amides is 2. The smallest absolute Gasteiger partial charge is 0.319 e. The third-order valence-electron chi connectivity index (χ3n) is 3.42. The number of benzene rings is 1. The molecule has 0 spiro atoms. The van der Waals surface area contributed by atoms with Gasteiger partial charge in [0.25, 0.3) is 0 Å². The summed E-state index contributed by atoms with van der Waals surface area (Å²) in [5, 5.41) is 6.90. The van der Waals surface area contributed by atoms with Crippen molar-refractivity contribution in [1.29, 1.82) is 0 Å². The zero-order valence-corrected chi connectivity index (χ0v) is 13.0. The van der Waals surface area contributed by atoms with Crippen LogP contribution in [0.3, 0.4) is 0 Å². The zero-order chi connectivity index (χ0) is 14.8. The summed E-state index contributed by atoms with van der Waals surface area (Å²) in [6.45, 7) is 5.58. The topological polar surface area (TPSA) is 63.2 Å². The Balaban J connectivity index is 1.70. The molecule has 1 saturated heterocycles. The van der Waals surface area contributed by atoms with Crippen LogP contribution in [0.2, 0.25) is 0 Å². The van der Waals surface area contributed by atoms with E-state index in [1.54, 1.807) is 11.3 Å². The van der Waals surface area contributed by atoms with E-state index < -0.39 is 0 Å². The van der Waals surface area contributed by atoms with Crippen LogP contribution in [0.25, 0.3) is 10.2 Å². The van der Waals surface area contributed by atoms with Gasteiger partial charge in [0.2, 0.25) is 0 Å². The van der Waals surface area contributed by atoms with Crippen LogP contribution in [0.15, 0.2) is 18.2 Å². The second-order valence-electron chi connectivity index (χ2n) is 5.55. The van der Waals surface area contributed by atoms with Gasteiger partial charge in [0.05, 0.1) is 27.9 Å². The van der Waals surface area contributed by atoms with E-state index in [2.05, 4.69) is 29.5 Å². The lowest BCUT2D eigenvalue weighted by Crippen LogP contribution is -2.38. The molecule has 1 aliphatic rings. The van der Waals surface area contributed by atoms with Gasteiger partial charge in [0, 0.05) is 18.2 Å². The highest BCUT2D eigenvalue weighted by Gasteiger charge is 2.17. The standard InChI is InChI=1S/C15H19N3O2S/c1-9(2)14-18-12-4-3-10(7-13(12)21-14)16-15(19)17-11-5-6-20-8-11/h3-4,7,9,11H,5-6,8H2,1-2H3,(H2,16,17,19). The molecule has 21 heavy (non-hydrogen) atoms. The van der Waals surface area contributed by atoms with Crippen molar-refractivity contribution in [2.75, 3.05) is 18.5 Å². The molecule has 0 saturated carbocycles. The monoisotopic (exact) mass is 305 g/mol. The van der Waals surface area contributed by atoms with Gasteiger partial charge in [-0.25, -0.2) is 9.78 Å². The molecule has 2 heterocycles. The number of hydrogen-bond donors (Lipinski definition) is 2. The van der Waals surface area contributed by atoms with E-state index in [0.29, 0.717) is 12.5 Å². The first-order chi connectivity index (χ1) is 10.1. The van der Waals surface area contributed by atoms with E-state index in [9.17, 15) is 4.79 Å². The number of nitrogens with one attached hydrogen (secondary N) is 2. The van der Waals surface area contributed by atoms with Gasteiger partial charge in [0.15, 0.2) is 0 Å². The number of thiazole rings is 1. The number of nitrogens with zero attached hydrogens (tertiary/aromatic N) is 1. The van der Waals surface area contributed by atoms with E-state index in [0.717, 1.165) is 33.9 Å². The van der Waals surface area contributed by atoms with E-state index in [4.69, 9.17) is 4.74 Å². The summed E-state index contributed by atoms with van der Waals surface area (Å²) in [5.74, 6) is 0.421. The summed E-state index contributed by atoms with van der Waals surface area (Å²) >= 11 is 1.68. The fourth-order valence-corrected chi connectivity index (χ4v) is 3.28. The molecule has 1 aromatic carbocycles. The van der Waals surface area contributed by atoms with Gasteiger partial charge >= 0.3 is 6.03 Å². The number of ether oxygens (including phenoxy) is 1. The number of carbonyl (C=O) groups excluding carboxylic acids is 1. The molecule has 0 bridgehead atoms. The van der Waals surface area contributed by atoms with Gasteiger partial charge < -0.3 is 15.4 Å².